The number of nitrogens with one attached hydrogen (secondary N) is 1. The van der Waals surface area contributed by atoms with E-state index in [1.807, 2.05) is 42.5 Å². The summed E-state index contributed by atoms with van der Waals surface area (Å²) in [5, 5.41) is 4.70. The molecule has 0 heterocycles. The van der Waals surface area contributed by atoms with E-state index in [0.717, 1.165) is 16.3 Å². The molecule has 6 heteroatoms. The first-order valence-corrected chi connectivity index (χ1v) is 8.75. The van der Waals surface area contributed by atoms with Crippen LogP contribution in [0.15, 0.2) is 66.7 Å². The number of esters is 1. The fraction of sp³-hybridized carbons (Fsp3) is 0.136. The van der Waals surface area contributed by atoms with Crippen molar-refractivity contribution in [1.82, 2.24) is 5.32 Å². The molecule has 0 aliphatic carbocycles. The lowest BCUT2D eigenvalue weighted by atomic mass is 9.98. The molecule has 0 aliphatic rings. The van der Waals surface area contributed by atoms with E-state index in [2.05, 4.69) is 10.1 Å². The number of hydrogen-bond donors (Lipinski definition) is 2. The molecule has 0 aromatic heterocycles. The molecule has 0 spiro atoms. The molecule has 142 valence electrons. The zero-order chi connectivity index (χ0) is 20.1. The number of benzene rings is 3. The maximum atomic E-state index is 12.6. The van der Waals surface area contributed by atoms with Crippen molar-refractivity contribution in [2.75, 3.05) is 7.11 Å². The summed E-state index contributed by atoms with van der Waals surface area (Å²) in [4.78, 5) is 36.2. The minimum absolute atomic E-state index is 0.243. The Morgan fingerprint density at radius 3 is 2.39 bits per heavy atom. The number of methoxy groups -OCH3 is 1. The zero-order valence-corrected chi connectivity index (χ0v) is 15.3. The van der Waals surface area contributed by atoms with Crippen LogP contribution >= 0.6 is 0 Å². The van der Waals surface area contributed by atoms with Gasteiger partial charge in [-0.25, -0.2) is 4.79 Å². The molecule has 3 rings (SSSR count). The van der Waals surface area contributed by atoms with Crippen LogP contribution in [0.4, 0.5) is 0 Å². The molecule has 0 aliphatic heterocycles. The normalized spacial score (nSPS) is 11.6. The molecule has 6 nitrogen and oxygen atoms in total. The second kappa shape index (κ2) is 8.35. The lowest BCUT2D eigenvalue weighted by Crippen LogP contribution is -2.45. The first-order valence-electron chi connectivity index (χ1n) is 8.75. The molecule has 2 amide bonds. The average Bonchev–Trinajstić information content (AvgIpc) is 2.72. The van der Waals surface area contributed by atoms with Crippen LogP contribution in [0.3, 0.4) is 0 Å². The standard InChI is InChI=1S/C22H20N2O4/c1-28-22(27)17-10-5-9-16(12-17)21(26)24-19(20(23)25)13-15-8-4-7-14-6-2-3-11-18(14)15/h2-12,19H,13H2,1H3,(H2,23,25)(H,24,26)/t19-/m0/s1. The largest absolute Gasteiger partial charge is 0.465 e. The van der Waals surface area contributed by atoms with Crippen LogP contribution in [0.1, 0.15) is 26.3 Å². The summed E-state index contributed by atoms with van der Waals surface area (Å²) in [5.41, 5.74) is 6.93. The fourth-order valence-corrected chi connectivity index (χ4v) is 3.06. The molecule has 3 aromatic rings. The van der Waals surface area contributed by atoms with E-state index in [0.29, 0.717) is 0 Å². The number of rotatable bonds is 6. The lowest BCUT2D eigenvalue weighted by molar-refractivity contribution is -0.119. The van der Waals surface area contributed by atoms with Gasteiger partial charge in [0, 0.05) is 12.0 Å². The molecule has 0 bridgehead atoms. The van der Waals surface area contributed by atoms with Crippen molar-refractivity contribution in [2.45, 2.75) is 12.5 Å². The molecule has 3 N–H and O–H groups in total. The fourth-order valence-electron chi connectivity index (χ4n) is 3.06. The van der Waals surface area contributed by atoms with Gasteiger partial charge in [0.1, 0.15) is 6.04 Å². The quantitative estimate of drug-likeness (QED) is 0.646. The Labute approximate surface area is 162 Å². The topological polar surface area (TPSA) is 98.5 Å². The van der Waals surface area contributed by atoms with Crippen molar-refractivity contribution in [3.63, 3.8) is 0 Å². The molecule has 0 saturated heterocycles. The number of nitrogens with two attached hydrogens (primary N) is 1. The van der Waals surface area contributed by atoms with Crippen molar-refractivity contribution in [3.8, 4) is 0 Å². The van der Waals surface area contributed by atoms with Crippen LogP contribution in [0.2, 0.25) is 0 Å². The first kappa shape index (κ1) is 19.1. The summed E-state index contributed by atoms with van der Waals surface area (Å²) < 4.78 is 4.67. The Morgan fingerprint density at radius 2 is 1.64 bits per heavy atom. The third-order valence-corrected chi connectivity index (χ3v) is 4.50. The first-order chi connectivity index (χ1) is 13.5. The van der Waals surface area contributed by atoms with E-state index in [-0.39, 0.29) is 17.5 Å². The summed E-state index contributed by atoms with van der Waals surface area (Å²) in [5.74, 6) is -1.67. The minimum Gasteiger partial charge on any atom is -0.465 e. The molecule has 3 aromatic carbocycles. The van der Waals surface area contributed by atoms with E-state index in [1.54, 1.807) is 18.2 Å². The van der Waals surface area contributed by atoms with Gasteiger partial charge in [-0.05, 0) is 34.5 Å². The van der Waals surface area contributed by atoms with Crippen LogP contribution in [-0.2, 0) is 16.0 Å². The smallest absolute Gasteiger partial charge is 0.337 e. The van der Waals surface area contributed by atoms with Gasteiger partial charge in [-0.2, -0.15) is 0 Å². The Kier molecular flexibility index (Phi) is 5.69. The SMILES string of the molecule is COC(=O)c1cccc(C(=O)N[C@@H](Cc2cccc3ccccc23)C(N)=O)c1. The second-order valence-corrected chi connectivity index (χ2v) is 6.34. The Morgan fingerprint density at radius 1 is 0.964 bits per heavy atom. The lowest BCUT2D eigenvalue weighted by Gasteiger charge is -2.17. The number of ether oxygens (including phenoxy) is 1. The van der Waals surface area contributed by atoms with Crippen molar-refractivity contribution in [1.29, 1.82) is 0 Å². The predicted octanol–water partition coefficient (Wildman–Crippen LogP) is 2.45. The minimum atomic E-state index is -0.889. The monoisotopic (exact) mass is 376 g/mol. The molecular weight excluding hydrogens is 356 g/mol. The number of hydrogen-bond acceptors (Lipinski definition) is 4. The van der Waals surface area contributed by atoms with E-state index in [9.17, 15) is 14.4 Å². The Bertz CT molecular complexity index is 1040. The number of carbonyl (C=O) groups excluding carboxylic acids is 3. The maximum Gasteiger partial charge on any atom is 0.337 e. The molecular formula is C22H20N2O4. The average molecular weight is 376 g/mol. The van der Waals surface area contributed by atoms with Crippen molar-refractivity contribution in [2.24, 2.45) is 5.73 Å². The van der Waals surface area contributed by atoms with E-state index < -0.39 is 23.8 Å². The van der Waals surface area contributed by atoms with Crippen LogP contribution in [0.25, 0.3) is 10.8 Å². The highest BCUT2D eigenvalue weighted by Gasteiger charge is 2.21. The van der Waals surface area contributed by atoms with Gasteiger partial charge < -0.3 is 15.8 Å². The highest BCUT2D eigenvalue weighted by Crippen LogP contribution is 2.20. The van der Waals surface area contributed by atoms with Crippen LogP contribution in [0.5, 0.6) is 0 Å². The van der Waals surface area contributed by atoms with Gasteiger partial charge >= 0.3 is 5.97 Å². The number of carbonyl (C=O) groups is 3. The zero-order valence-electron chi connectivity index (χ0n) is 15.3. The predicted molar refractivity (Wildman–Crippen MR) is 106 cm³/mol. The Hall–Kier alpha value is -3.67. The van der Waals surface area contributed by atoms with E-state index in [4.69, 9.17) is 5.73 Å². The van der Waals surface area contributed by atoms with Crippen LogP contribution in [-0.4, -0.2) is 30.9 Å². The van der Waals surface area contributed by atoms with Gasteiger partial charge in [0.15, 0.2) is 0 Å². The molecule has 0 saturated carbocycles. The highest BCUT2D eigenvalue weighted by molar-refractivity contribution is 6.00. The van der Waals surface area contributed by atoms with Gasteiger partial charge in [-0.3, -0.25) is 9.59 Å². The number of fused-ring (bicyclic) bond motifs is 1. The summed E-state index contributed by atoms with van der Waals surface area (Å²) in [7, 11) is 1.27. The van der Waals surface area contributed by atoms with Crippen molar-refractivity contribution in [3.05, 3.63) is 83.4 Å². The molecule has 0 fully saturated rings. The molecule has 1 atom stereocenters. The summed E-state index contributed by atoms with van der Waals surface area (Å²) >= 11 is 0. The van der Waals surface area contributed by atoms with Gasteiger partial charge in [0.05, 0.1) is 12.7 Å². The summed E-state index contributed by atoms with van der Waals surface area (Å²) in [6.07, 6.45) is 0.263. The Balaban J connectivity index is 1.83. The highest BCUT2D eigenvalue weighted by atomic mass is 16.5. The summed E-state index contributed by atoms with van der Waals surface area (Å²) in [6, 6.07) is 18.8. The maximum absolute atomic E-state index is 12.6. The number of primary amides is 1. The number of amides is 2. The third kappa shape index (κ3) is 4.17. The third-order valence-electron chi connectivity index (χ3n) is 4.50. The molecule has 0 unspecified atom stereocenters. The van der Waals surface area contributed by atoms with Gasteiger partial charge in [0.2, 0.25) is 5.91 Å². The van der Waals surface area contributed by atoms with Gasteiger partial charge in [-0.1, -0.05) is 48.5 Å². The van der Waals surface area contributed by atoms with Crippen molar-refractivity contribution >= 4 is 28.6 Å². The van der Waals surface area contributed by atoms with E-state index in [1.165, 1.54) is 13.2 Å². The second-order valence-electron chi connectivity index (χ2n) is 6.34. The van der Waals surface area contributed by atoms with Gasteiger partial charge in [-0.15, -0.1) is 0 Å². The van der Waals surface area contributed by atoms with Crippen LogP contribution in [0, 0.1) is 0 Å². The van der Waals surface area contributed by atoms with Crippen LogP contribution < -0.4 is 11.1 Å². The van der Waals surface area contributed by atoms with Crippen molar-refractivity contribution < 1.29 is 19.1 Å². The molecule has 28 heavy (non-hydrogen) atoms. The molecule has 0 radical (unpaired) electrons. The van der Waals surface area contributed by atoms with E-state index >= 15 is 0 Å². The van der Waals surface area contributed by atoms with Gasteiger partial charge in [0.25, 0.3) is 5.91 Å². The summed E-state index contributed by atoms with van der Waals surface area (Å²) in [6.45, 7) is 0.